The number of aromatic nitrogens is 1. The summed E-state index contributed by atoms with van der Waals surface area (Å²) in [6.45, 7) is 3.45. The van der Waals surface area contributed by atoms with Crippen molar-refractivity contribution in [1.82, 2.24) is 9.88 Å². The molecule has 2 heterocycles. The van der Waals surface area contributed by atoms with Gasteiger partial charge in [0.2, 0.25) is 0 Å². The average molecular weight is 440 g/mol. The number of para-hydroxylation sites is 1. The van der Waals surface area contributed by atoms with E-state index in [1.54, 1.807) is 0 Å². The SMILES string of the molecule is Nc1c2c(nc3ccccc13)CCC(=CCCCC1CCN(Cc3ccccc3)CC1)C2=O. The van der Waals surface area contributed by atoms with E-state index < -0.39 is 0 Å². The van der Waals surface area contributed by atoms with Gasteiger partial charge < -0.3 is 5.73 Å². The van der Waals surface area contributed by atoms with Crippen molar-refractivity contribution in [1.29, 1.82) is 0 Å². The van der Waals surface area contributed by atoms with Gasteiger partial charge in [-0.2, -0.15) is 0 Å². The van der Waals surface area contributed by atoms with Crippen LogP contribution < -0.4 is 5.73 Å². The van der Waals surface area contributed by atoms with Crippen LogP contribution in [0.3, 0.4) is 0 Å². The fourth-order valence-electron chi connectivity index (χ4n) is 5.40. The van der Waals surface area contributed by atoms with Gasteiger partial charge >= 0.3 is 0 Å². The predicted molar refractivity (Wildman–Crippen MR) is 135 cm³/mol. The number of likely N-dealkylation sites (tertiary alicyclic amines) is 1. The van der Waals surface area contributed by atoms with Gasteiger partial charge in [0.25, 0.3) is 0 Å². The average Bonchev–Trinajstić information content (AvgIpc) is 2.85. The number of allylic oxidation sites excluding steroid dienone is 2. The van der Waals surface area contributed by atoms with E-state index in [0.29, 0.717) is 11.3 Å². The summed E-state index contributed by atoms with van der Waals surface area (Å²) in [5.74, 6) is 0.894. The molecule has 0 saturated carbocycles. The minimum absolute atomic E-state index is 0.0845. The zero-order valence-electron chi connectivity index (χ0n) is 19.3. The monoisotopic (exact) mass is 439 g/mol. The first-order valence-electron chi connectivity index (χ1n) is 12.4. The van der Waals surface area contributed by atoms with Gasteiger partial charge in [-0.3, -0.25) is 14.7 Å². The van der Waals surface area contributed by atoms with Crippen molar-refractivity contribution in [3.63, 3.8) is 0 Å². The molecule has 0 atom stereocenters. The van der Waals surface area contributed by atoms with E-state index in [4.69, 9.17) is 10.7 Å². The van der Waals surface area contributed by atoms with E-state index in [1.807, 2.05) is 24.3 Å². The highest BCUT2D eigenvalue weighted by Gasteiger charge is 2.26. The minimum Gasteiger partial charge on any atom is -0.398 e. The normalized spacial score (nSPS) is 18.7. The van der Waals surface area contributed by atoms with Crippen molar-refractivity contribution in [3.05, 3.63) is 83.1 Å². The Labute approximate surface area is 196 Å². The van der Waals surface area contributed by atoms with Crippen molar-refractivity contribution < 1.29 is 4.79 Å². The molecule has 2 aliphatic rings. The highest BCUT2D eigenvalue weighted by Crippen LogP contribution is 2.33. The van der Waals surface area contributed by atoms with E-state index in [-0.39, 0.29) is 5.78 Å². The number of aryl methyl sites for hydroxylation is 1. The van der Waals surface area contributed by atoms with Crippen molar-refractivity contribution in [2.24, 2.45) is 5.92 Å². The molecule has 0 radical (unpaired) electrons. The Kier molecular flexibility index (Phi) is 6.54. The summed E-state index contributed by atoms with van der Waals surface area (Å²) in [4.78, 5) is 20.5. The van der Waals surface area contributed by atoms with Crippen LogP contribution in [0.2, 0.25) is 0 Å². The Morgan fingerprint density at radius 3 is 2.58 bits per heavy atom. The third-order valence-corrected chi connectivity index (χ3v) is 7.32. The van der Waals surface area contributed by atoms with Crippen molar-refractivity contribution in [2.45, 2.75) is 51.5 Å². The number of ketones is 1. The van der Waals surface area contributed by atoms with Gasteiger partial charge in [0.15, 0.2) is 5.78 Å². The van der Waals surface area contributed by atoms with Crippen LogP contribution in [0.4, 0.5) is 5.69 Å². The summed E-state index contributed by atoms with van der Waals surface area (Å²) >= 11 is 0. The first-order chi connectivity index (χ1) is 16.2. The van der Waals surface area contributed by atoms with Gasteiger partial charge in [0.05, 0.1) is 22.5 Å². The molecule has 3 aromatic rings. The fourth-order valence-corrected chi connectivity index (χ4v) is 5.40. The number of hydrogen-bond acceptors (Lipinski definition) is 4. The topological polar surface area (TPSA) is 59.2 Å². The van der Waals surface area contributed by atoms with E-state index in [9.17, 15) is 4.79 Å². The van der Waals surface area contributed by atoms with Gasteiger partial charge in [-0.05, 0) is 74.7 Å². The van der Waals surface area contributed by atoms with Gasteiger partial charge in [-0.25, -0.2) is 0 Å². The van der Waals surface area contributed by atoms with E-state index in [2.05, 4.69) is 41.3 Å². The summed E-state index contributed by atoms with van der Waals surface area (Å²) in [6.07, 6.45) is 9.68. The highest BCUT2D eigenvalue weighted by atomic mass is 16.1. The summed E-state index contributed by atoms with van der Waals surface area (Å²) in [6, 6.07) is 18.6. The molecule has 170 valence electrons. The molecule has 0 bridgehead atoms. The molecule has 0 unspecified atom stereocenters. The zero-order chi connectivity index (χ0) is 22.6. The first-order valence-corrected chi connectivity index (χ1v) is 12.4. The number of Topliss-reactive ketones (excluding diaryl/α,β-unsaturated/α-hetero) is 1. The maximum atomic E-state index is 13.2. The quantitative estimate of drug-likeness (QED) is 0.381. The molecular formula is C29H33N3O. The van der Waals surface area contributed by atoms with Gasteiger partial charge in [-0.15, -0.1) is 0 Å². The number of nitrogen functional groups attached to an aromatic ring is 1. The lowest BCUT2D eigenvalue weighted by Crippen LogP contribution is -2.33. The van der Waals surface area contributed by atoms with Crippen LogP contribution in [0.25, 0.3) is 10.9 Å². The molecule has 0 amide bonds. The van der Waals surface area contributed by atoms with Crippen LogP contribution in [0.15, 0.2) is 66.2 Å². The number of nitrogens with zero attached hydrogens (tertiary/aromatic N) is 2. The minimum atomic E-state index is 0.0845. The molecule has 1 aliphatic heterocycles. The number of carbonyl (C=O) groups excluding carboxylic acids is 1. The molecule has 2 N–H and O–H groups in total. The number of nitrogens with two attached hydrogens (primary N) is 1. The Balaban J connectivity index is 1.13. The van der Waals surface area contributed by atoms with E-state index in [0.717, 1.165) is 60.3 Å². The molecule has 4 nitrogen and oxygen atoms in total. The number of unbranched alkanes of at least 4 members (excludes halogenated alkanes) is 1. The maximum absolute atomic E-state index is 13.2. The largest absolute Gasteiger partial charge is 0.398 e. The molecule has 1 fully saturated rings. The molecule has 2 aromatic carbocycles. The molecular weight excluding hydrogens is 406 g/mol. The van der Waals surface area contributed by atoms with Gasteiger partial charge in [-0.1, -0.05) is 61.0 Å². The van der Waals surface area contributed by atoms with Crippen LogP contribution in [0.5, 0.6) is 0 Å². The fraction of sp³-hybridized carbons (Fsp3) is 0.379. The van der Waals surface area contributed by atoms with Crippen LogP contribution in [-0.4, -0.2) is 28.8 Å². The molecule has 1 aliphatic carbocycles. The number of rotatable bonds is 6. The Hall–Kier alpha value is -2.98. The number of benzene rings is 2. The van der Waals surface area contributed by atoms with Crippen LogP contribution >= 0.6 is 0 Å². The third-order valence-electron chi connectivity index (χ3n) is 7.32. The highest BCUT2D eigenvalue weighted by molar-refractivity contribution is 6.16. The van der Waals surface area contributed by atoms with Crippen LogP contribution in [0, 0.1) is 5.92 Å². The molecule has 5 rings (SSSR count). The zero-order valence-corrected chi connectivity index (χ0v) is 19.3. The standard InChI is InChI=1S/C29H33N3O/c30-28-24-12-6-7-13-25(24)31-26-15-14-23(29(33)27(26)28)11-5-4-8-21-16-18-32(19-17-21)20-22-9-2-1-3-10-22/h1-3,6-7,9-13,21H,4-5,8,14-20H2,(H2,30,31). The molecule has 1 saturated heterocycles. The third kappa shape index (κ3) is 4.86. The Morgan fingerprint density at radius 2 is 1.76 bits per heavy atom. The lowest BCUT2D eigenvalue weighted by atomic mass is 9.86. The number of carbonyl (C=O) groups is 1. The number of anilines is 1. The summed E-state index contributed by atoms with van der Waals surface area (Å²) in [5, 5.41) is 0.879. The number of pyridine rings is 1. The van der Waals surface area contributed by atoms with Crippen molar-refractivity contribution >= 4 is 22.4 Å². The summed E-state index contributed by atoms with van der Waals surface area (Å²) < 4.78 is 0. The molecule has 33 heavy (non-hydrogen) atoms. The number of piperidine rings is 1. The van der Waals surface area contributed by atoms with Gasteiger partial charge in [0.1, 0.15) is 0 Å². The second kappa shape index (κ2) is 9.88. The summed E-state index contributed by atoms with van der Waals surface area (Å²) in [7, 11) is 0. The number of hydrogen-bond donors (Lipinski definition) is 1. The predicted octanol–water partition coefficient (Wildman–Crippen LogP) is 5.95. The first kappa shape index (κ1) is 21.8. The summed E-state index contributed by atoms with van der Waals surface area (Å²) in [5.41, 5.74) is 11.7. The maximum Gasteiger partial charge on any atom is 0.192 e. The van der Waals surface area contributed by atoms with Crippen LogP contribution in [0.1, 0.15) is 60.1 Å². The van der Waals surface area contributed by atoms with E-state index >= 15 is 0 Å². The van der Waals surface area contributed by atoms with Crippen molar-refractivity contribution in [2.75, 3.05) is 18.8 Å². The van der Waals surface area contributed by atoms with Crippen LogP contribution in [-0.2, 0) is 13.0 Å². The second-order valence-electron chi connectivity index (χ2n) is 9.56. The molecule has 1 aromatic heterocycles. The Morgan fingerprint density at radius 1 is 1.00 bits per heavy atom. The van der Waals surface area contributed by atoms with Crippen molar-refractivity contribution in [3.8, 4) is 0 Å². The lowest BCUT2D eigenvalue weighted by molar-refractivity contribution is 0.102. The second-order valence-corrected chi connectivity index (χ2v) is 9.56. The smallest absolute Gasteiger partial charge is 0.192 e. The molecule has 4 heteroatoms. The lowest BCUT2D eigenvalue weighted by Gasteiger charge is -2.32. The van der Waals surface area contributed by atoms with E-state index in [1.165, 1.54) is 37.9 Å². The van der Waals surface area contributed by atoms with Gasteiger partial charge in [0, 0.05) is 11.9 Å². The Bertz CT molecular complexity index is 1160. The molecule has 0 spiro atoms. The number of fused-ring (bicyclic) bond motifs is 2.